The largest absolute Gasteiger partial charge is 0.462 e. The lowest BCUT2D eigenvalue weighted by Gasteiger charge is -2.49. The van der Waals surface area contributed by atoms with Gasteiger partial charge >= 0.3 is 11.9 Å². The molecule has 6 heteroatoms. The Morgan fingerprint density at radius 3 is 2.71 bits per heavy atom. The predicted molar refractivity (Wildman–Crippen MR) is 123 cm³/mol. The number of allylic oxidation sites excluding steroid dienone is 3. The number of hydrogen-bond acceptors (Lipinski definition) is 6. The Morgan fingerprint density at radius 2 is 2.06 bits per heavy atom. The van der Waals surface area contributed by atoms with Gasteiger partial charge in [0.05, 0.1) is 17.9 Å². The van der Waals surface area contributed by atoms with Crippen molar-refractivity contribution in [3.05, 3.63) is 23.8 Å². The van der Waals surface area contributed by atoms with Gasteiger partial charge in [-0.15, -0.1) is 12.6 Å². The highest BCUT2D eigenvalue weighted by Gasteiger charge is 2.51. The molecule has 0 saturated carbocycles. The number of fused-ring (bicyclic) bond motifs is 1. The van der Waals surface area contributed by atoms with Crippen molar-refractivity contribution in [3.63, 3.8) is 0 Å². The van der Waals surface area contributed by atoms with Crippen molar-refractivity contribution in [1.29, 1.82) is 0 Å². The van der Waals surface area contributed by atoms with Crippen LogP contribution in [-0.2, 0) is 19.1 Å². The van der Waals surface area contributed by atoms with Crippen LogP contribution in [0, 0.1) is 29.1 Å². The third-order valence-corrected chi connectivity index (χ3v) is 7.95. The summed E-state index contributed by atoms with van der Waals surface area (Å²) in [5.41, 5.74) is 0.623. The first-order valence-electron chi connectivity index (χ1n) is 11.7. The van der Waals surface area contributed by atoms with E-state index in [-0.39, 0.29) is 48.1 Å². The molecular weight excluding hydrogens is 412 g/mol. The zero-order valence-corrected chi connectivity index (χ0v) is 20.4. The van der Waals surface area contributed by atoms with E-state index < -0.39 is 16.5 Å². The second-order valence-corrected chi connectivity index (χ2v) is 11.2. The molecule has 0 aromatic carbocycles. The Bertz CT molecular complexity index is 757. The fraction of sp³-hybridized carbons (Fsp3) is 0.760. The fourth-order valence-corrected chi connectivity index (χ4v) is 5.90. The molecule has 5 nitrogen and oxygen atoms in total. The van der Waals surface area contributed by atoms with Crippen molar-refractivity contribution in [2.75, 3.05) is 0 Å². The Hall–Kier alpha value is -1.27. The van der Waals surface area contributed by atoms with E-state index in [0.717, 1.165) is 6.42 Å². The van der Waals surface area contributed by atoms with Gasteiger partial charge < -0.3 is 14.6 Å². The van der Waals surface area contributed by atoms with Crippen LogP contribution in [0.4, 0.5) is 0 Å². The van der Waals surface area contributed by atoms with Crippen molar-refractivity contribution >= 4 is 24.6 Å². The molecule has 2 aliphatic carbocycles. The summed E-state index contributed by atoms with van der Waals surface area (Å²) in [6.07, 6.45) is 9.20. The molecule has 0 aromatic rings. The van der Waals surface area contributed by atoms with E-state index in [1.165, 1.54) is 5.57 Å². The van der Waals surface area contributed by atoms with Crippen LogP contribution in [-0.4, -0.2) is 34.2 Å². The van der Waals surface area contributed by atoms with Gasteiger partial charge in [-0.25, -0.2) is 0 Å². The third kappa shape index (κ3) is 5.39. The molecule has 2 unspecified atom stereocenters. The molecule has 0 radical (unpaired) electrons. The van der Waals surface area contributed by atoms with Crippen LogP contribution in [0.15, 0.2) is 23.8 Å². The fourth-order valence-electron chi connectivity index (χ4n) is 5.18. The van der Waals surface area contributed by atoms with Crippen LogP contribution in [0.25, 0.3) is 0 Å². The minimum atomic E-state index is -0.876. The maximum absolute atomic E-state index is 13.0. The Labute approximate surface area is 192 Å². The van der Waals surface area contributed by atoms with Crippen molar-refractivity contribution in [2.45, 2.75) is 90.3 Å². The number of rotatable bonds is 6. The number of cyclic esters (lactones) is 1. The Morgan fingerprint density at radius 1 is 1.35 bits per heavy atom. The van der Waals surface area contributed by atoms with Gasteiger partial charge in [0.1, 0.15) is 6.10 Å². The first-order chi connectivity index (χ1) is 14.4. The summed E-state index contributed by atoms with van der Waals surface area (Å²) in [7, 11) is 0. The summed E-state index contributed by atoms with van der Waals surface area (Å²) in [5.74, 6) is 0.193. The van der Waals surface area contributed by atoms with Crippen molar-refractivity contribution in [3.8, 4) is 0 Å². The van der Waals surface area contributed by atoms with Crippen molar-refractivity contribution < 1.29 is 24.2 Å². The highest BCUT2D eigenvalue weighted by molar-refractivity contribution is 7.81. The molecule has 0 amide bonds. The SMILES string of the molecule is CCC(C)(C)C(=O)O[C@@]1(S)C[C@@H](C)C=C2C=CC(C)[C@H](CCC3C[C@@H](O)CC(=O)O3)[C@H]21. The minimum absolute atomic E-state index is 0.0205. The lowest BCUT2D eigenvalue weighted by molar-refractivity contribution is -0.169. The van der Waals surface area contributed by atoms with Crippen LogP contribution >= 0.6 is 12.6 Å². The number of thiol groups is 1. The predicted octanol–water partition coefficient (Wildman–Crippen LogP) is 4.84. The first kappa shape index (κ1) is 24.4. The maximum atomic E-state index is 13.0. The van der Waals surface area contributed by atoms with Gasteiger partial charge in [0.25, 0.3) is 0 Å². The molecule has 3 aliphatic rings. The average Bonchev–Trinajstić information content (AvgIpc) is 2.66. The molecule has 0 aromatic heterocycles. The minimum Gasteiger partial charge on any atom is -0.462 e. The second kappa shape index (κ2) is 9.30. The molecule has 1 N–H and O–H groups in total. The molecule has 1 saturated heterocycles. The van der Waals surface area contributed by atoms with E-state index >= 15 is 0 Å². The normalized spacial score (nSPS) is 38.2. The monoisotopic (exact) mass is 450 g/mol. The van der Waals surface area contributed by atoms with E-state index in [2.05, 4.69) is 32.1 Å². The second-order valence-electron chi connectivity index (χ2n) is 10.5. The van der Waals surface area contributed by atoms with Crippen molar-refractivity contribution in [1.82, 2.24) is 0 Å². The summed E-state index contributed by atoms with van der Waals surface area (Å²) >= 11 is 5.05. The topological polar surface area (TPSA) is 72.8 Å². The zero-order valence-electron chi connectivity index (χ0n) is 19.5. The van der Waals surface area contributed by atoms with Gasteiger partial charge in [0.15, 0.2) is 4.93 Å². The van der Waals surface area contributed by atoms with Crippen LogP contribution in [0.1, 0.15) is 73.1 Å². The number of carbonyl (C=O) groups is 2. The summed E-state index contributed by atoms with van der Waals surface area (Å²) in [4.78, 5) is 23.9. The Kier molecular flexibility index (Phi) is 7.31. The van der Waals surface area contributed by atoms with Crippen LogP contribution in [0.2, 0.25) is 0 Å². The van der Waals surface area contributed by atoms with Crippen molar-refractivity contribution in [2.24, 2.45) is 29.1 Å². The van der Waals surface area contributed by atoms with Crippen LogP contribution in [0.5, 0.6) is 0 Å². The highest BCUT2D eigenvalue weighted by Crippen LogP contribution is 2.52. The number of ether oxygens (including phenoxy) is 2. The van der Waals surface area contributed by atoms with Gasteiger partial charge in [-0.3, -0.25) is 9.59 Å². The number of hydrogen-bond donors (Lipinski definition) is 2. The average molecular weight is 451 g/mol. The molecular formula is C25H38O5S. The van der Waals surface area contributed by atoms with Gasteiger partial charge in [0, 0.05) is 18.8 Å². The molecule has 0 bridgehead atoms. The first-order valence-corrected chi connectivity index (χ1v) is 12.1. The third-order valence-electron chi connectivity index (χ3n) is 7.40. The van der Waals surface area contributed by atoms with Gasteiger partial charge in [-0.2, -0.15) is 0 Å². The highest BCUT2D eigenvalue weighted by atomic mass is 32.1. The van der Waals surface area contributed by atoms with E-state index in [9.17, 15) is 14.7 Å². The molecule has 0 spiro atoms. The maximum Gasteiger partial charge on any atom is 0.312 e. The standard InChI is InChI=1S/C25H38O5S/c1-6-24(4,5)23(28)30-25(31)14-15(2)11-17-8-7-16(3)20(22(17)25)10-9-19-12-18(26)13-21(27)29-19/h7-8,11,15-16,18-20,22,26,31H,6,9-10,12-14H2,1-5H3/t15-,16?,18+,19?,20-,22-,25+/m0/s1. The molecule has 3 rings (SSSR count). The van der Waals surface area contributed by atoms with Crippen LogP contribution in [0.3, 0.4) is 0 Å². The number of aliphatic hydroxyl groups is 1. The number of carbonyl (C=O) groups excluding carboxylic acids is 2. The van der Waals surface area contributed by atoms with Crippen LogP contribution < -0.4 is 0 Å². The summed E-state index contributed by atoms with van der Waals surface area (Å²) in [6.45, 7) is 10.1. The molecule has 1 aliphatic heterocycles. The van der Waals surface area contributed by atoms with Gasteiger partial charge in [-0.1, -0.05) is 39.0 Å². The molecule has 1 fully saturated rings. The lowest BCUT2D eigenvalue weighted by atomic mass is 9.65. The zero-order chi connectivity index (χ0) is 23.0. The summed E-state index contributed by atoms with van der Waals surface area (Å²) < 4.78 is 11.7. The molecule has 174 valence electrons. The number of aliphatic hydroxyl groups excluding tert-OH is 1. The van der Waals surface area contributed by atoms with Gasteiger partial charge in [-0.05, 0) is 56.4 Å². The smallest absolute Gasteiger partial charge is 0.312 e. The lowest BCUT2D eigenvalue weighted by Crippen LogP contribution is -2.49. The van der Waals surface area contributed by atoms with E-state index in [1.54, 1.807) is 0 Å². The Balaban J connectivity index is 1.83. The van der Waals surface area contributed by atoms with Gasteiger partial charge in [0.2, 0.25) is 0 Å². The quantitative estimate of drug-likeness (QED) is 0.344. The van der Waals surface area contributed by atoms with E-state index in [1.807, 2.05) is 20.8 Å². The molecule has 1 heterocycles. The molecule has 31 heavy (non-hydrogen) atoms. The summed E-state index contributed by atoms with van der Waals surface area (Å²) in [6, 6.07) is 0. The molecule has 7 atom stereocenters. The van der Waals surface area contributed by atoms with E-state index in [4.69, 9.17) is 22.1 Å². The van der Waals surface area contributed by atoms with E-state index in [0.29, 0.717) is 25.7 Å². The number of esters is 2. The summed E-state index contributed by atoms with van der Waals surface area (Å²) in [5, 5.41) is 9.95.